The highest BCUT2D eigenvalue weighted by atomic mass is 32.2. The maximum absolute atomic E-state index is 9.56. The van der Waals surface area contributed by atoms with E-state index in [4.69, 9.17) is 17.2 Å². The van der Waals surface area contributed by atoms with Crippen molar-refractivity contribution in [2.75, 3.05) is 5.75 Å². The minimum atomic E-state index is -3.66. The largest absolute Gasteiger partial charge is 0.425 e. The van der Waals surface area contributed by atoms with Crippen molar-refractivity contribution in [3.05, 3.63) is 0 Å². The molecule has 0 radical (unpaired) electrons. The van der Waals surface area contributed by atoms with Crippen LogP contribution in [0.2, 0.25) is 0 Å². The first-order valence-electron chi connectivity index (χ1n) is 2.01. The molecule has 62 valence electrons. The highest BCUT2D eigenvalue weighted by Gasteiger charge is 1.93. The molecule has 0 aromatic heterocycles. The Morgan fingerprint density at radius 3 is 1.40 bits per heavy atom. The summed E-state index contributed by atoms with van der Waals surface area (Å²) >= 11 is 0. The third-order valence-electron chi connectivity index (χ3n) is 0.365. The Labute approximate surface area is 59.7 Å². The van der Waals surface area contributed by atoms with Crippen LogP contribution in [0, 0.1) is 0 Å². The molecule has 0 rings (SSSR count). The summed E-state index contributed by atoms with van der Waals surface area (Å²) in [6, 6.07) is 0. The predicted molar refractivity (Wildman–Crippen MR) is 31.8 cm³/mol. The summed E-state index contributed by atoms with van der Waals surface area (Å²) in [6.07, 6.45) is 0. The molecule has 0 aliphatic rings. The number of hydrogen-bond donors (Lipinski definition) is 1. The summed E-state index contributed by atoms with van der Waals surface area (Å²) in [5, 5.41) is 0. The Morgan fingerprint density at radius 2 is 1.40 bits per heavy atom. The van der Waals surface area contributed by atoms with Crippen molar-refractivity contribution in [3.63, 3.8) is 0 Å². The second-order valence-corrected chi connectivity index (χ2v) is 3.22. The zero-order chi connectivity index (χ0) is 8.78. The fourth-order valence-corrected chi connectivity index (χ4v) is 0. The van der Waals surface area contributed by atoms with Crippen molar-refractivity contribution in [1.82, 2.24) is 0 Å². The van der Waals surface area contributed by atoms with Gasteiger partial charge in [0.2, 0.25) is 0 Å². The first-order valence-corrected chi connectivity index (χ1v) is 4.62. The van der Waals surface area contributed by atoms with E-state index in [2.05, 4.69) is 0 Å². The molecule has 8 heteroatoms. The monoisotopic (exact) mass is 190 g/mol. The van der Waals surface area contributed by atoms with Gasteiger partial charge in [-0.05, 0) is 6.92 Å². The quantitative estimate of drug-likeness (QED) is 0.525. The van der Waals surface area contributed by atoms with Gasteiger partial charge in [0, 0.05) is 0 Å². The maximum atomic E-state index is 9.56. The van der Waals surface area contributed by atoms with E-state index < -0.39 is 20.7 Å². The van der Waals surface area contributed by atoms with Crippen molar-refractivity contribution in [2.24, 2.45) is 0 Å². The molecular weight excluding hydrogens is 184 g/mol. The van der Waals surface area contributed by atoms with Crippen LogP contribution in [0.5, 0.6) is 0 Å². The Balaban J connectivity index is 0. The van der Waals surface area contributed by atoms with Crippen LogP contribution >= 0.6 is 0 Å². The van der Waals surface area contributed by atoms with E-state index in [0.29, 0.717) is 0 Å². The molecule has 0 aliphatic carbocycles. The Bertz CT molecular complexity index is 247. The van der Waals surface area contributed by atoms with Crippen molar-refractivity contribution >= 4 is 20.7 Å². The average Bonchev–Trinajstić information content (AvgIpc) is 1.63. The van der Waals surface area contributed by atoms with E-state index >= 15 is 0 Å². The van der Waals surface area contributed by atoms with Gasteiger partial charge in [0.05, 0.1) is 5.75 Å². The van der Waals surface area contributed by atoms with Gasteiger partial charge in [-0.15, -0.1) is 12.6 Å². The highest BCUT2D eigenvalue weighted by molar-refractivity contribution is 7.85. The van der Waals surface area contributed by atoms with Crippen molar-refractivity contribution in [1.29, 1.82) is 0 Å². The van der Waals surface area contributed by atoms with Gasteiger partial charge < -0.3 is 0 Å². The lowest BCUT2D eigenvalue weighted by Crippen LogP contribution is -1.97. The van der Waals surface area contributed by atoms with Crippen LogP contribution in [-0.2, 0) is 20.7 Å². The van der Waals surface area contributed by atoms with E-state index in [0.717, 1.165) is 0 Å². The van der Waals surface area contributed by atoms with E-state index in [1.807, 2.05) is 0 Å². The van der Waals surface area contributed by atoms with E-state index in [1.165, 1.54) is 6.92 Å². The molecule has 0 saturated carbocycles. The molecule has 0 saturated heterocycles. The lowest BCUT2D eigenvalue weighted by atomic mass is 11.0. The van der Waals surface area contributed by atoms with Crippen LogP contribution in [0.4, 0.5) is 0 Å². The Hall–Kier alpha value is -0.470. The summed E-state index contributed by atoms with van der Waals surface area (Å²) in [5.74, 6) is -0.201. The SMILES string of the molecule is CCS(=O)(=O)O.O=S(=O)=O. The van der Waals surface area contributed by atoms with Gasteiger partial charge in [-0.3, -0.25) is 4.55 Å². The topological polar surface area (TPSA) is 106 Å². The van der Waals surface area contributed by atoms with Gasteiger partial charge in [-0.25, -0.2) is 0 Å². The fraction of sp³-hybridized carbons (Fsp3) is 1.00. The molecule has 10 heavy (non-hydrogen) atoms. The van der Waals surface area contributed by atoms with E-state index in [1.54, 1.807) is 0 Å². The normalized spacial score (nSPS) is 9.40. The molecule has 0 heterocycles. The highest BCUT2D eigenvalue weighted by Crippen LogP contribution is 1.74. The summed E-state index contributed by atoms with van der Waals surface area (Å²) in [4.78, 5) is 0. The molecule has 0 aromatic rings. The molecule has 0 aromatic carbocycles. The molecule has 0 spiro atoms. The van der Waals surface area contributed by atoms with Gasteiger partial charge in [0.15, 0.2) is 0 Å². The van der Waals surface area contributed by atoms with Crippen LogP contribution in [0.3, 0.4) is 0 Å². The van der Waals surface area contributed by atoms with Crippen molar-refractivity contribution in [2.45, 2.75) is 6.92 Å². The number of hydrogen-bond acceptors (Lipinski definition) is 5. The lowest BCUT2D eigenvalue weighted by molar-refractivity contribution is 0.484. The molecular formula is C2H6O6S2. The Morgan fingerprint density at radius 1 is 1.30 bits per heavy atom. The fourth-order valence-electron chi connectivity index (χ4n) is 0. The minimum absolute atomic E-state index is 0.201. The van der Waals surface area contributed by atoms with Crippen LogP contribution in [0.1, 0.15) is 6.92 Å². The summed E-state index contributed by atoms with van der Waals surface area (Å²) in [7, 11) is -6.77. The zero-order valence-electron chi connectivity index (χ0n) is 5.01. The first kappa shape index (κ1) is 12.2. The Kier molecular flexibility index (Phi) is 6.51. The van der Waals surface area contributed by atoms with Crippen molar-refractivity contribution in [3.8, 4) is 0 Å². The maximum Gasteiger partial charge on any atom is 0.425 e. The smallest absolute Gasteiger partial charge is 0.286 e. The standard InChI is InChI=1S/C2H6O3S.O3S/c1-2-6(3,4)5;1-4(2)3/h2H2,1H3,(H,3,4,5);. The first-order chi connectivity index (χ1) is 4.29. The lowest BCUT2D eigenvalue weighted by Gasteiger charge is -1.79. The van der Waals surface area contributed by atoms with Gasteiger partial charge in [-0.2, -0.15) is 8.42 Å². The molecule has 0 aliphatic heterocycles. The number of rotatable bonds is 1. The molecule has 6 nitrogen and oxygen atoms in total. The average molecular weight is 190 g/mol. The van der Waals surface area contributed by atoms with Gasteiger partial charge >= 0.3 is 10.6 Å². The minimum Gasteiger partial charge on any atom is -0.286 e. The molecule has 0 atom stereocenters. The van der Waals surface area contributed by atoms with Crippen LogP contribution in [0.25, 0.3) is 0 Å². The van der Waals surface area contributed by atoms with E-state index in [9.17, 15) is 8.42 Å². The third kappa shape index (κ3) is 50.2. The van der Waals surface area contributed by atoms with E-state index in [-0.39, 0.29) is 5.75 Å². The second-order valence-electron chi connectivity index (χ2n) is 1.07. The van der Waals surface area contributed by atoms with Crippen LogP contribution in [-0.4, -0.2) is 31.4 Å². The molecule has 0 unspecified atom stereocenters. The van der Waals surface area contributed by atoms with Gasteiger partial charge in [-0.1, -0.05) is 0 Å². The molecule has 0 bridgehead atoms. The van der Waals surface area contributed by atoms with Crippen LogP contribution in [0.15, 0.2) is 0 Å². The predicted octanol–water partition coefficient (Wildman–Crippen LogP) is -1.11. The summed E-state index contributed by atoms with van der Waals surface area (Å²) in [6.45, 7) is 1.37. The van der Waals surface area contributed by atoms with Crippen LogP contribution < -0.4 is 0 Å². The van der Waals surface area contributed by atoms with Gasteiger partial charge in [0.1, 0.15) is 0 Å². The summed E-state index contributed by atoms with van der Waals surface area (Å²) < 4.78 is 52.2. The molecule has 1 N–H and O–H groups in total. The summed E-state index contributed by atoms with van der Waals surface area (Å²) in [5.41, 5.74) is 0. The van der Waals surface area contributed by atoms with Gasteiger partial charge in [0.25, 0.3) is 10.1 Å². The third-order valence-corrected chi connectivity index (χ3v) is 1.09. The van der Waals surface area contributed by atoms with Crippen molar-refractivity contribution < 1.29 is 25.6 Å². The molecule has 0 fully saturated rings. The molecule has 0 amide bonds. The zero-order valence-corrected chi connectivity index (χ0v) is 6.65. The second kappa shape index (κ2) is 5.33.